The molecule has 0 saturated heterocycles. The van der Waals surface area contributed by atoms with Gasteiger partial charge in [-0.1, -0.05) is 24.3 Å². The van der Waals surface area contributed by atoms with E-state index in [1.807, 2.05) is 55.1 Å². The molecule has 0 saturated carbocycles. The molecule has 1 heterocycles. The Morgan fingerprint density at radius 2 is 1.81 bits per heavy atom. The largest absolute Gasteiger partial charge is 0.496 e. The molecule has 3 aromatic rings. The molecule has 2 aromatic carbocycles. The van der Waals surface area contributed by atoms with Gasteiger partial charge < -0.3 is 10.1 Å². The molecule has 0 unspecified atom stereocenters. The third-order valence-electron chi connectivity index (χ3n) is 4.60. The van der Waals surface area contributed by atoms with E-state index in [-0.39, 0.29) is 5.91 Å². The summed E-state index contributed by atoms with van der Waals surface area (Å²) in [6.45, 7) is 4.11. The minimum atomic E-state index is -0.186. The number of para-hydroxylation sites is 1. The highest BCUT2D eigenvalue weighted by atomic mass is 16.5. The lowest BCUT2D eigenvalue weighted by molar-refractivity contribution is 0.102. The number of benzene rings is 2. The molecule has 1 N–H and O–H groups in total. The maximum absolute atomic E-state index is 12.5. The van der Waals surface area contributed by atoms with Crippen molar-refractivity contribution in [1.29, 1.82) is 0 Å². The van der Waals surface area contributed by atoms with Crippen LogP contribution in [0.3, 0.4) is 0 Å². The minimum absolute atomic E-state index is 0.186. The van der Waals surface area contributed by atoms with E-state index in [0.29, 0.717) is 11.3 Å². The Labute approximate surface area is 153 Å². The van der Waals surface area contributed by atoms with Crippen LogP contribution in [0, 0.1) is 13.8 Å². The molecule has 0 fully saturated rings. The van der Waals surface area contributed by atoms with Crippen molar-refractivity contribution >= 4 is 11.6 Å². The summed E-state index contributed by atoms with van der Waals surface area (Å²) in [4.78, 5) is 12.5. The molecule has 1 aromatic heterocycles. The summed E-state index contributed by atoms with van der Waals surface area (Å²) in [6.07, 6.45) is 0.826. The number of methoxy groups -OCH3 is 1. The van der Waals surface area contributed by atoms with Gasteiger partial charge in [0.15, 0.2) is 0 Å². The lowest BCUT2D eigenvalue weighted by Gasteiger charge is -2.10. The molecule has 0 bridgehead atoms. The average Bonchev–Trinajstić information content (AvgIpc) is 2.89. The summed E-state index contributed by atoms with van der Waals surface area (Å²) >= 11 is 0. The molecule has 134 valence electrons. The van der Waals surface area contributed by atoms with Gasteiger partial charge >= 0.3 is 0 Å². The Balaban J connectivity index is 1.72. The number of rotatable bonds is 5. The smallest absolute Gasteiger partial charge is 0.259 e. The van der Waals surface area contributed by atoms with E-state index in [1.54, 1.807) is 19.2 Å². The number of anilines is 1. The maximum atomic E-state index is 12.5. The summed E-state index contributed by atoms with van der Waals surface area (Å²) < 4.78 is 7.15. The number of carbonyl (C=O) groups is 1. The fraction of sp³-hybridized carbons (Fsp3) is 0.238. The standard InChI is InChI=1S/C21H23N3O2/c1-14-19(15(2)24(3)23-14)13-16-9-11-17(12-10-16)22-21(25)18-7-5-6-8-20(18)26-4/h5-12H,13H2,1-4H3,(H,22,25). The number of carbonyl (C=O) groups excluding carboxylic acids is 1. The molecule has 5 nitrogen and oxygen atoms in total. The monoisotopic (exact) mass is 349 g/mol. The van der Waals surface area contributed by atoms with Crippen LogP contribution in [0.1, 0.15) is 32.9 Å². The van der Waals surface area contributed by atoms with Gasteiger partial charge in [0.25, 0.3) is 5.91 Å². The zero-order chi connectivity index (χ0) is 18.7. The first-order chi connectivity index (χ1) is 12.5. The van der Waals surface area contributed by atoms with Crippen molar-refractivity contribution in [2.45, 2.75) is 20.3 Å². The van der Waals surface area contributed by atoms with Gasteiger partial charge in [-0.3, -0.25) is 9.48 Å². The zero-order valence-electron chi connectivity index (χ0n) is 15.5. The summed E-state index contributed by atoms with van der Waals surface area (Å²) in [5, 5.41) is 7.38. The summed E-state index contributed by atoms with van der Waals surface area (Å²) in [7, 11) is 3.52. The van der Waals surface area contributed by atoms with Crippen LogP contribution >= 0.6 is 0 Å². The van der Waals surface area contributed by atoms with Crippen LogP contribution in [0.2, 0.25) is 0 Å². The maximum Gasteiger partial charge on any atom is 0.259 e. The summed E-state index contributed by atoms with van der Waals surface area (Å²) in [6, 6.07) is 15.1. The van der Waals surface area contributed by atoms with Gasteiger partial charge in [-0.25, -0.2) is 0 Å². The SMILES string of the molecule is COc1ccccc1C(=O)Nc1ccc(Cc2c(C)nn(C)c2C)cc1. The van der Waals surface area contributed by atoms with Crippen molar-refractivity contribution < 1.29 is 9.53 Å². The van der Waals surface area contributed by atoms with Crippen molar-refractivity contribution in [2.75, 3.05) is 12.4 Å². The van der Waals surface area contributed by atoms with Gasteiger partial charge in [-0.05, 0) is 43.7 Å². The second-order valence-electron chi connectivity index (χ2n) is 6.30. The van der Waals surface area contributed by atoms with E-state index >= 15 is 0 Å². The molecule has 0 radical (unpaired) electrons. The van der Waals surface area contributed by atoms with Gasteiger partial charge in [0.2, 0.25) is 0 Å². The van der Waals surface area contributed by atoms with E-state index in [2.05, 4.69) is 17.3 Å². The Hall–Kier alpha value is -3.08. The van der Waals surface area contributed by atoms with Crippen LogP contribution < -0.4 is 10.1 Å². The normalized spacial score (nSPS) is 10.6. The van der Waals surface area contributed by atoms with E-state index < -0.39 is 0 Å². The van der Waals surface area contributed by atoms with Gasteiger partial charge in [0.1, 0.15) is 5.75 Å². The van der Waals surface area contributed by atoms with Crippen molar-refractivity contribution in [3.8, 4) is 5.75 Å². The Kier molecular flexibility index (Phi) is 5.07. The molecule has 0 aliphatic rings. The quantitative estimate of drug-likeness (QED) is 0.760. The third kappa shape index (κ3) is 3.61. The van der Waals surface area contributed by atoms with Crippen LogP contribution in [0.15, 0.2) is 48.5 Å². The van der Waals surface area contributed by atoms with Gasteiger partial charge in [-0.2, -0.15) is 5.10 Å². The Morgan fingerprint density at radius 1 is 1.12 bits per heavy atom. The molecule has 1 amide bonds. The molecule has 0 spiro atoms. The zero-order valence-corrected chi connectivity index (χ0v) is 15.5. The number of hydrogen-bond donors (Lipinski definition) is 1. The van der Waals surface area contributed by atoms with E-state index in [4.69, 9.17) is 4.74 Å². The molecular formula is C21H23N3O2. The molecular weight excluding hydrogens is 326 g/mol. The molecule has 0 aliphatic carbocycles. The van der Waals surface area contributed by atoms with Gasteiger partial charge in [0.05, 0.1) is 18.4 Å². The highest BCUT2D eigenvalue weighted by molar-refractivity contribution is 6.06. The van der Waals surface area contributed by atoms with Crippen molar-refractivity contribution in [1.82, 2.24) is 9.78 Å². The van der Waals surface area contributed by atoms with Crippen LogP contribution in [0.4, 0.5) is 5.69 Å². The molecule has 5 heteroatoms. The summed E-state index contributed by atoms with van der Waals surface area (Å²) in [5.41, 5.74) is 5.93. The van der Waals surface area contributed by atoms with E-state index in [0.717, 1.165) is 17.8 Å². The van der Waals surface area contributed by atoms with Crippen LogP contribution in [0.5, 0.6) is 5.75 Å². The summed E-state index contributed by atoms with van der Waals surface area (Å²) in [5.74, 6) is 0.373. The van der Waals surface area contributed by atoms with Crippen molar-refractivity contribution in [3.05, 3.63) is 76.6 Å². The lowest BCUT2D eigenvalue weighted by Crippen LogP contribution is -2.13. The first kappa shape index (κ1) is 17.7. The molecule has 0 atom stereocenters. The van der Waals surface area contributed by atoms with Gasteiger partial charge in [-0.15, -0.1) is 0 Å². The molecule has 0 aliphatic heterocycles. The highest BCUT2D eigenvalue weighted by Crippen LogP contribution is 2.21. The highest BCUT2D eigenvalue weighted by Gasteiger charge is 2.12. The molecule has 3 rings (SSSR count). The number of aromatic nitrogens is 2. The number of nitrogens with one attached hydrogen (secondary N) is 1. The van der Waals surface area contributed by atoms with Crippen molar-refractivity contribution in [3.63, 3.8) is 0 Å². The van der Waals surface area contributed by atoms with E-state index in [9.17, 15) is 4.79 Å². The van der Waals surface area contributed by atoms with Crippen LogP contribution in [-0.4, -0.2) is 22.8 Å². The Morgan fingerprint density at radius 3 is 2.42 bits per heavy atom. The fourth-order valence-electron chi connectivity index (χ4n) is 3.01. The number of amides is 1. The second kappa shape index (κ2) is 7.44. The number of hydrogen-bond acceptors (Lipinski definition) is 3. The topological polar surface area (TPSA) is 56.1 Å². The first-order valence-corrected chi connectivity index (χ1v) is 8.52. The Bertz CT molecular complexity index is 927. The average molecular weight is 349 g/mol. The second-order valence-corrected chi connectivity index (χ2v) is 6.30. The lowest BCUT2D eigenvalue weighted by atomic mass is 10.0. The first-order valence-electron chi connectivity index (χ1n) is 8.52. The fourth-order valence-corrected chi connectivity index (χ4v) is 3.01. The van der Waals surface area contributed by atoms with Crippen LogP contribution in [-0.2, 0) is 13.5 Å². The number of ether oxygens (including phenoxy) is 1. The predicted molar refractivity (Wildman–Crippen MR) is 103 cm³/mol. The third-order valence-corrected chi connectivity index (χ3v) is 4.60. The number of nitrogens with zero attached hydrogens (tertiary/aromatic N) is 2. The minimum Gasteiger partial charge on any atom is -0.496 e. The predicted octanol–water partition coefficient (Wildman–Crippen LogP) is 3.89. The van der Waals surface area contributed by atoms with E-state index in [1.165, 1.54) is 16.8 Å². The van der Waals surface area contributed by atoms with Crippen molar-refractivity contribution in [2.24, 2.45) is 7.05 Å². The van der Waals surface area contributed by atoms with Gasteiger partial charge in [0, 0.05) is 30.4 Å². The number of aryl methyl sites for hydroxylation is 2. The van der Waals surface area contributed by atoms with Crippen LogP contribution in [0.25, 0.3) is 0 Å². The molecule has 26 heavy (non-hydrogen) atoms.